The molecule has 2 nitrogen and oxygen atoms in total. The fourth-order valence-electron chi connectivity index (χ4n) is 1.55. The Morgan fingerprint density at radius 1 is 0.941 bits per heavy atom. The Labute approximate surface area is 104 Å². The Morgan fingerprint density at radius 3 is 2.53 bits per heavy atom. The van der Waals surface area contributed by atoms with Gasteiger partial charge >= 0.3 is 0 Å². The molecule has 3 aromatic rings. The highest BCUT2D eigenvalue weighted by Crippen LogP contribution is 2.28. The maximum Gasteiger partial charge on any atom is 0.275 e. The molecule has 0 saturated carbocycles. The summed E-state index contributed by atoms with van der Waals surface area (Å²) in [5, 5.41) is 0.676. The van der Waals surface area contributed by atoms with Gasteiger partial charge in [-0.05, 0) is 17.7 Å². The molecule has 3 rings (SSSR count). The molecule has 1 heterocycles. The monoisotopic (exact) mass is 240 g/mol. The van der Waals surface area contributed by atoms with E-state index in [9.17, 15) is 0 Å². The smallest absolute Gasteiger partial charge is 0.275 e. The predicted molar refractivity (Wildman–Crippen MR) is 70.1 cm³/mol. The van der Waals surface area contributed by atoms with Crippen molar-refractivity contribution in [2.75, 3.05) is 0 Å². The van der Waals surface area contributed by atoms with Crippen molar-refractivity contribution in [2.45, 2.75) is 0 Å². The lowest BCUT2D eigenvalue weighted by atomic mass is 10.2. The van der Waals surface area contributed by atoms with Crippen LogP contribution in [0.3, 0.4) is 0 Å². The third-order valence-corrected chi connectivity index (χ3v) is 3.30. The van der Waals surface area contributed by atoms with Crippen LogP contribution in [0.15, 0.2) is 54.6 Å². The van der Waals surface area contributed by atoms with Crippen LogP contribution in [-0.4, -0.2) is 4.98 Å². The summed E-state index contributed by atoms with van der Waals surface area (Å²) in [6.07, 6.45) is 0. The molecule has 1 radical (unpaired) electrons. The average Bonchev–Trinajstić information content (AvgIpc) is 2.80. The number of nitrogens with zero attached hydrogens (tertiary/aromatic N) is 1. The topological polar surface area (TPSA) is 22.1 Å². The lowest BCUT2D eigenvalue weighted by Crippen LogP contribution is -1.90. The molecule has 1 aromatic heterocycles. The van der Waals surface area contributed by atoms with Crippen LogP contribution in [0.25, 0.3) is 10.2 Å². The Morgan fingerprint density at radius 2 is 1.71 bits per heavy atom. The third-order valence-electron chi connectivity index (χ3n) is 2.37. The van der Waals surface area contributed by atoms with Crippen LogP contribution in [-0.2, 0) is 0 Å². The zero-order valence-electron chi connectivity index (χ0n) is 9.04. The minimum Gasteiger partial charge on any atom is -0.457 e. The fraction of sp³-hybridized carbons (Fsp3) is 0. The van der Waals surface area contributed by atoms with Gasteiger partial charge in [-0.25, -0.2) is 4.98 Å². The molecule has 0 spiro atoms. The van der Waals surface area contributed by atoms with E-state index >= 15 is 0 Å². The molecule has 0 aliphatic rings. The van der Waals surface area contributed by atoms with Gasteiger partial charge in [-0.1, -0.05) is 53.8 Å². The second kappa shape index (κ2) is 4.55. The van der Waals surface area contributed by atoms with Gasteiger partial charge in [0.2, 0.25) is 0 Å². The van der Waals surface area contributed by atoms with Crippen molar-refractivity contribution in [1.29, 1.82) is 0 Å². The van der Waals surface area contributed by atoms with E-state index in [0.29, 0.717) is 5.19 Å². The maximum atomic E-state index is 5.56. The first-order valence-corrected chi connectivity index (χ1v) is 6.14. The molecule has 0 atom stereocenters. The highest BCUT2D eigenvalue weighted by molar-refractivity contribution is 7.20. The van der Waals surface area contributed by atoms with Crippen molar-refractivity contribution in [3.63, 3.8) is 0 Å². The SMILES string of the molecule is [CH](Oc1nc2ccccc2s1)c1ccccc1. The largest absolute Gasteiger partial charge is 0.457 e. The number of para-hydroxylation sites is 1. The van der Waals surface area contributed by atoms with E-state index < -0.39 is 0 Å². The van der Waals surface area contributed by atoms with E-state index in [4.69, 9.17) is 4.74 Å². The number of ether oxygens (including phenoxy) is 1. The standard InChI is InChI=1S/C14H10NOS/c1-2-6-11(7-3-1)10-16-14-15-12-8-4-5-9-13(12)17-14/h1-10H. The summed E-state index contributed by atoms with van der Waals surface area (Å²) in [5.41, 5.74) is 2.01. The molecule has 2 aromatic carbocycles. The second-order valence-electron chi connectivity index (χ2n) is 3.59. The quantitative estimate of drug-likeness (QED) is 0.693. The van der Waals surface area contributed by atoms with E-state index in [1.807, 2.05) is 54.6 Å². The van der Waals surface area contributed by atoms with Crippen molar-refractivity contribution in [3.05, 3.63) is 66.8 Å². The van der Waals surface area contributed by atoms with Crippen LogP contribution in [0, 0.1) is 6.61 Å². The Kier molecular flexibility index (Phi) is 2.76. The van der Waals surface area contributed by atoms with Crippen LogP contribution >= 0.6 is 11.3 Å². The zero-order valence-corrected chi connectivity index (χ0v) is 9.85. The van der Waals surface area contributed by atoms with E-state index in [1.165, 1.54) is 0 Å². The molecule has 0 bridgehead atoms. The van der Waals surface area contributed by atoms with Gasteiger partial charge in [-0.15, -0.1) is 0 Å². The first-order valence-electron chi connectivity index (χ1n) is 5.32. The summed E-state index contributed by atoms with van der Waals surface area (Å²) in [7, 11) is 0. The van der Waals surface area contributed by atoms with Crippen LogP contribution in [0.5, 0.6) is 5.19 Å². The van der Waals surface area contributed by atoms with E-state index in [0.717, 1.165) is 15.8 Å². The zero-order chi connectivity index (χ0) is 11.5. The van der Waals surface area contributed by atoms with Gasteiger partial charge in [0.1, 0.15) is 0 Å². The molecule has 0 N–H and O–H groups in total. The van der Waals surface area contributed by atoms with Crippen molar-refractivity contribution < 1.29 is 4.74 Å². The summed E-state index contributed by atoms with van der Waals surface area (Å²) in [6.45, 7) is 1.72. The predicted octanol–water partition coefficient (Wildman–Crippen LogP) is 3.89. The average molecular weight is 240 g/mol. The highest BCUT2D eigenvalue weighted by Gasteiger charge is 2.04. The van der Waals surface area contributed by atoms with E-state index in [1.54, 1.807) is 17.9 Å². The van der Waals surface area contributed by atoms with Crippen molar-refractivity contribution in [3.8, 4) is 5.19 Å². The number of rotatable bonds is 3. The summed E-state index contributed by atoms with van der Waals surface area (Å²) in [6, 6.07) is 17.9. The van der Waals surface area contributed by atoms with E-state index in [-0.39, 0.29) is 0 Å². The van der Waals surface area contributed by atoms with Crippen molar-refractivity contribution in [1.82, 2.24) is 4.98 Å². The number of thiazole rings is 1. The Balaban J connectivity index is 1.77. The van der Waals surface area contributed by atoms with Gasteiger partial charge in [0, 0.05) is 0 Å². The summed E-state index contributed by atoms with van der Waals surface area (Å²) in [5.74, 6) is 0. The summed E-state index contributed by atoms with van der Waals surface area (Å²) in [4.78, 5) is 4.39. The van der Waals surface area contributed by atoms with Gasteiger partial charge in [-0.3, -0.25) is 0 Å². The van der Waals surface area contributed by atoms with Crippen molar-refractivity contribution >= 4 is 21.6 Å². The first kappa shape index (κ1) is 10.3. The fourth-order valence-corrected chi connectivity index (χ4v) is 2.34. The molecule has 0 aliphatic carbocycles. The van der Waals surface area contributed by atoms with E-state index in [2.05, 4.69) is 4.98 Å². The first-order chi connectivity index (χ1) is 8.42. The molecule has 0 unspecified atom stereocenters. The lowest BCUT2D eigenvalue weighted by molar-refractivity contribution is 0.426. The van der Waals surface area contributed by atoms with Crippen LogP contribution in [0.4, 0.5) is 0 Å². The number of benzene rings is 2. The van der Waals surface area contributed by atoms with Crippen LogP contribution < -0.4 is 4.74 Å². The Hall–Kier alpha value is -1.87. The number of fused-ring (bicyclic) bond motifs is 1. The van der Waals surface area contributed by atoms with Gasteiger partial charge in [0.25, 0.3) is 5.19 Å². The van der Waals surface area contributed by atoms with Crippen LogP contribution in [0.2, 0.25) is 0 Å². The normalized spacial score (nSPS) is 10.6. The van der Waals surface area contributed by atoms with Crippen LogP contribution in [0.1, 0.15) is 5.56 Å². The minimum atomic E-state index is 0.676. The molecule has 3 heteroatoms. The molecule has 17 heavy (non-hydrogen) atoms. The van der Waals surface area contributed by atoms with Crippen molar-refractivity contribution in [2.24, 2.45) is 0 Å². The molecule has 0 fully saturated rings. The Bertz CT molecular complexity index is 585. The highest BCUT2D eigenvalue weighted by atomic mass is 32.1. The van der Waals surface area contributed by atoms with Gasteiger partial charge in [0.15, 0.2) is 6.61 Å². The molecular formula is C14H10NOS. The molecule has 0 amide bonds. The van der Waals surface area contributed by atoms with Gasteiger partial charge in [0.05, 0.1) is 10.2 Å². The number of aromatic nitrogens is 1. The second-order valence-corrected chi connectivity index (χ2v) is 4.59. The number of hydrogen-bond acceptors (Lipinski definition) is 3. The molecule has 83 valence electrons. The summed E-state index contributed by atoms with van der Waals surface area (Å²) >= 11 is 1.55. The lowest BCUT2D eigenvalue weighted by Gasteiger charge is -1.99. The van der Waals surface area contributed by atoms with Gasteiger partial charge < -0.3 is 4.74 Å². The minimum absolute atomic E-state index is 0.676. The molecule has 0 saturated heterocycles. The third kappa shape index (κ3) is 2.29. The summed E-state index contributed by atoms with van der Waals surface area (Å²) < 4.78 is 6.70. The maximum absolute atomic E-state index is 5.56. The molecular weight excluding hydrogens is 230 g/mol. The number of hydrogen-bond donors (Lipinski definition) is 0. The molecule has 0 aliphatic heterocycles. The van der Waals surface area contributed by atoms with Gasteiger partial charge in [-0.2, -0.15) is 0 Å².